The van der Waals surface area contributed by atoms with Crippen LogP contribution >= 0.6 is 0 Å². The summed E-state index contributed by atoms with van der Waals surface area (Å²) in [5.74, 6) is -0.491. The van der Waals surface area contributed by atoms with Crippen molar-refractivity contribution in [1.29, 1.82) is 0 Å². The highest BCUT2D eigenvalue weighted by atomic mass is 19.4. The minimum atomic E-state index is -4.70. The molecular formula is C20H21F3N2O3. The number of nitrogen functional groups attached to an aromatic ring is 2. The van der Waals surface area contributed by atoms with Crippen molar-refractivity contribution in [3.63, 3.8) is 0 Å². The largest absolute Gasteiger partial charge is 0.573 e. The molecule has 5 nitrogen and oxygen atoms in total. The average Bonchev–Trinajstić information content (AvgIpc) is 2.61. The van der Waals surface area contributed by atoms with E-state index in [1.54, 1.807) is 18.2 Å². The van der Waals surface area contributed by atoms with Crippen molar-refractivity contribution in [3.05, 3.63) is 53.6 Å². The Morgan fingerprint density at radius 1 is 0.929 bits per heavy atom. The average molecular weight is 394 g/mol. The number of esters is 1. The molecule has 4 N–H and O–H groups in total. The third-order valence-corrected chi connectivity index (χ3v) is 4.75. The first-order valence-corrected chi connectivity index (χ1v) is 8.92. The van der Waals surface area contributed by atoms with Gasteiger partial charge in [-0.05, 0) is 67.5 Å². The monoisotopic (exact) mass is 394 g/mol. The smallest absolute Gasteiger partial charge is 0.459 e. The lowest BCUT2D eigenvalue weighted by Gasteiger charge is -2.28. The van der Waals surface area contributed by atoms with Gasteiger partial charge in [0.15, 0.2) is 0 Å². The molecule has 28 heavy (non-hydrogen) atoms. The summed E-state index contributed by atoms with van der Waals surface area (Å²) in [5, 5.41) is 0. The maximum Gasteiger partial charge on any atom is 0.573 e. The van der Waals surface area contributed by atoms with Gasteiger partial charge in [0.2, 0.25) is 0 Å². The molecule has 0 amide bonds. The first-order valence-electron chi connectivity index (χ1n) is 8.92. The summed E-state index contributed by atoms with van der Waals surface area (Å²) in [7, 11) is 0. The normalized spacial score (nSPS) is 19.8. The summed E-state index contributed by atoms with van der Waals surface area (Å²) in [5.41, 5.74) is 13.5. The van der Waals surface area contributed by atoms with Gasteiger partial charge in [0.05, 0.1) is 5.56 Å². The van der Waals surface area contributed by atoms with Crippen LogP contribution < -0.4 is 16.2 Å². The van der Waals surface area contributed by atoms with Gasteiger partial charge in [-0.3, -0.25) is 0 Å². The molecule has 1 saturated carbocycles. The van der Waals surface area contributed by atoms with Crippen molar-refractivity contribution < 1.29 is 27.4 Å². The van der Waals surface area contributed by atoms with E-state index in [1.165, 1.54) is 24.3 Å². The zero-order valence-corrected chi connectivity index (χ0v) is 15.0. The minimum Gasteiger partial charge on any atom is -0.459 e. The van der Waals surface area contributed by atoms with Gasteiger partial charge in [-0.25, -0.2) is 4.79 Å². The van der Waals surface area contributed by atoms with Crippen LogP contribution in [0.25, 0.3) is 0 Å². The zero-order chi connectivity index (χ0) is 20.3. The van der Waals surface area contributed by atoms with E-state index in [0.717, 1.165) is 18.4 Å². The van der Waals surface area contributed by atoms with Crippen LogP contribution in [0, 0.1) is 0 Å². The Labute approximate surface area is 160 Å². The SMILES string of the molecule is Nc1cc(N)cc(C(=O)OC2CCC(c3ccc(OC(F)(F)F)cc3)CC2)c1. The molecule has 1 aliphatic rings. The highest BCUT2D eigenvalue weighted by Gasteiger charge is 2.31. The number of carbonyl (C=O) groups is 1. The molecule has 0 radical (unpaired) electrons. The van der Waals surface area contributed by atoms with Crippen LogP contribution in [0.3, 0.4) is 0 Å². The van der Waals surface area contributed by atoms with E-state index >= 15 is 0 Å². The predicted molar refractivity (Wildman–Crippen MR) is 98.8 cm³/mol. The van der Waals surface area contributed by atoms with Gasteiger partial charge in [-0.2, -0.15) is 0 Å². The van der Waals surface area contributed by atoms with Crippen molar-refractivity contribution in [3.8, 4) is 5.75 Å². The highest BCUT2D eigenvalue weighted by Crippen LogP contribution is 2.35. The molecule has 1 aliphatic carbocycles. The fourth-order valence-corrected chi connectivity index (χ4v) is 3.47. The number of hydrogen-bond acceptors (Lipinski definition) is 5. The molecule has 0 atom stereocenters. The number of rotatable bonds is 4. The maximum atomic E-state index is 12.3. The highest BCUT2D eigenvalue weighted by molar-refractivity contribution is 5.91. The predicted octanol–water partition coefficient (Wildman–Crippen LogP) is 4.63. The van der Waals surface area contributed by atoms with Crippen molar-refractivity contribution in [1.82, 2.24) is 0 Å². The Balaban J connectivity index is 1.53. The van der Waals surface area contributed by atoms with Crippen molar-refractivity contribution in [2.75, 3.05) is 11.5 Å². The Kier molecular flexibility index (Phi) is 5.67. The van der Waals surface area contributed by atoms with E-state index in [-0.39, 0.29) is 17.8 Å². The number of ether oxygens (including phenoxy) is 2. The standard InChI is InChI=1S/C20H21F3N2O3/c21-20(22,23)28-18-7-3-13(4-8-18)12-1-5-17(6-2-12)27-19(26)14-9-15(24)11-16(25)10-14/h3-4,7-12,17H,1-2,5-6,24-25H2. The van der Waals surface area contributed by atoms with E-state index < -0.39 is 12.3 Å². The van der Waals surface area contributed by atoms with Gasteiger partial charge in [-0.1, -0.05) is 12.1 Å². The second-order valence-corrected chi connectivity index (χ2v) is 6.88. The third kappa shape index (κ3) is 5.31. The van der Waals surface area contributed by atoms with Gasteiger partial charge >= 0.3 is 12.3 Å². The molecule has 0 saturated heterocycles. The summed E-state index contributed by atoms with van der Waals surface area (Å²) in [6.45, 7) is 0. The van der Waals surface area contributed by atoms with E-state index in [0.29, 0.717) is 29.8 Å². The molecule has 0 aromatic heterocycles. The first kappa shape index (κ1) is 19.9. The van der Waals surface area contributed by atoms with Crippen LogP contribution in [0.4, 0.5) is 24.5 Å². The molecule has 2 aromatic rings. The Morgan fingerprint density at radius 3 is 2.04 bits per heavy atom. The Morgan fingerprint density at radius 2 is 1.50 bits per heavy atom. The molecule has 8 heteroatoms. The molecule has 0 bridgehead atoms. The Hall–Kier alpha value is -2.90. The number of benzene rings is 2. The van der Waals surface area contributed by atoms with Crippen LogP contribution in [0.15, 0.2) is 42.5 Å². The van der Waals surface area contributed by atoms with Gasteiger partial charge < -0.3 is 20.9 Å². The van der Waals surface area contributed by atoms with Crippen LogP contribution in [0.1, 0.15) is 47.5 Å². The number of halogens is 3. The topological polar surface area (TPSA) is 87.6 Å². The van der Waals surface area contributed by atoms with E-state index in [4.69, 9.17) is 16.2 Å². The molecule has 0 unspecified atom stereocenters. The molecular weight excluding hydrogens is 373 g/mol. The van der Waals surface area contributed by atoms with Crippen LogP contribution in [0.5, 0.6) is 5.75 Å². The van der Waals surface area contributed by atoms with Crippen molar-refractivity contribution >= 4 is 17.3 Å². The number of nitrogens with two attached hydrogens (primary N) is 2. The minimum absolute atomic E-state index is 0.206. The van der Waals surface area contributed by atoms with E-state index in [9.17, 15) is 18.0 Å². The molecule has 1 fully saturated rings. The van der Waals surface area contributed by atoms with Gasteiger partial charge in [-0.15, -0.1) is 13.2 Å². The fourth-order valence-electron chi connectivity index (χ4n) is 3.47. The lowest BCUT2D eigenvalue weighted by molar-refractivity contribution is -0.274. The lowest BCUT2D eigenvalue weighted by atomic mass is 9.83. The van der Waals surface area contributed by atoms with Gasteiger partial charge in [0.25, 0.3) is 0 Å². The van der Waals surface area contributed by atoms with E-state index in [1.807, 2.05) is 0 Å². The number of hydrogen-bond donors (Lipinski definition) is 2. The third-order valence-electron chi connectivity index (χ3n) is 4.75. The molecule has 3 rings (SSSR count). The van der Waals surface area contributed by atoms with Crippen molar-refractivity contribution in [2.24, 2.45) is 0 Å². The van der Waals surface area contributed by atoms with E-state index in [2.05, 4.69) is 4.74 Å². The van der Waals surface area contributed by atoms with Crippen LogP contribution in [-0.4, -0.2) is 18.4 Å². The second kappa shape index (κ2) is 8.00. The summed E-state index contributed by atoms with van der Waals surface area (Å²) in [4.78, 5) is 12.3. The molecule has 2 aromatic carbocycles. The summed E-state index contributed by atoms with van der Waals surface area (Å²) in [6.07, 6.45) is -2.01. The number of alkyl halides is 3. The lowest BCUT2D eigenvalue weighted by Crippen LogP contribution is -2.24. The van der Waals surface area contributed by atoms with Gasteiger partial charge in [0.1, 0.15) is 11.9 Å². The second-order valence-electron chi connectivity index (χ2n) is 6.88. The first-order chi connectivity index (χ1) is 13.2. The molecule has 150 valence electrons. The summed E-state index contributed by atoms with van der Waals surface area (Å²) in [6, 6.07) is 10.5. The quantitative estimate of drug-likeness (QED) is 0.583. The van der Waals surface area contributed by atoms with Crippen LogP contribution in [0.2, 0.25) is 0 Å². The molecule has 0 aliphatic heterocycles. The van der Waals surface area contributed by atoms with Crippen LogP contribution in [-0.2, 0) is 4.74 Å². The number of anilines is 2. The molecule has 0 heterocycles. The molecule has 0 spiro atoms. The van der Waals surface area contributed by atoms with Gasteiger partial charge in [0, 0.05) is 11.4 Å². The maximum absolute atomic E-state index is 12.3. The fraction of sp³-hybridized carbons (Fsp3) is 0.350. The summed E-state index contributed by atoms with van der Waals surface area (Å²) >= 11 is 0. The zero-order valence-electron chi connectivity index (χ0n) is 15.0. The van der Waals surface area contributed by atoms with Crippen molar-refractivity contribution in [2.45, 2.75) is 44.1 Å². The number of carbonyl (C=O) groups excluding carboxylic acids is 1. The summed E-state index contributed by atoms with van der Waals surface area (Å²) < 4.78 is 46.1. The Bertz CT molecular complexity index is 809.